The lowest BCUT2D eigenvalue weighted by Gasteiger charge is -2.46. The van der Waals surface area contributed by atoms with Gasteiger partial charge in [-0.15, -0.1) is 0 Å². The van der Waals surface area contributed by atoms with E-state index in [1.807, 2.05) is 19.1 Å². The van der Waals surface area contributed by atoms with Gasteiger partial charge in [0, 0.05) is 11.1 Å². The molecule has 0 spiro atoms. The second-order valence-corrected chi connectivity index (χ2v) is 6.94. The minimum absolute atomic E-state index is 0.257. The maximum Gasteiger partial charge on any atom is 0.124 e. The van der Waals surface area contributed by atoms with Gasteiger partial charge in [-0.2, -0.15) is 0 Å². The zero-order valence-electron chi connectivity index (χ0n) is 12.7. The first-order chi connectivity index (χ1) is 8.86. The van der Waals surface area contributed by atoms with E-state index in [1.165, 1.54) is 12.0 Å². The van der Waals surface area contributed by atoms with Crippen LogP contribution in [0.15, 0.2) is 24.3 Å². The van der Waals surface area contributed by atoms with Crippen molar-refractivity contribution >= 4 is 0 Å². The van der Waals surface area contributed by atoms with Crippen LogP contribution in [0.3, 0.4) is 0 Å². The minimum Gasteiger partial charge on any atom is -0.494 e. The van der Waals surface area contributed by atoms with E-state index in [2.05, 4.69) is 32.9 Å². The fraction of sp³-hybridized carbons (Fsp3) is 0.647. The zero-order valence-corrected chi connectivity index (χ0v) is 12.7. The highest BCUT2D eigenvalue weighted by Gasteiger charge is 2.42. The molecule has 1 saturated carbocycles. The number of hydrogen-bond donors (Lipinski definition) is 1. The molecule has 0 aromatic heterocycles. The highest BCUT2D eigenvalue weighted by atomic mass is 16.5. The molecule has 0 bridgehead atoms. The van der Waals surface area contributed by atoms with Crippen LogP contribution in [0.25, 0.3) is 0 Å². The van der Waals surface area contributed by atoms with Crippen molar-refractivity contribution in [2.24, 2.45) is 17.1 Å². The van der Waals surface area contributed by atoms with E-state index in [9.17, 15) is 0 Å². The Labute approximate surface area is 117 Å². The fourth-order valence-electron chi connectivity index (χ4n) is 4.00. The number of ether oxygens (including phenoxy) is 1. The Balaban J connectivity index is 2.38. The van der Waals surface area contributed by atoms with Crippen LogP contribution in [-0.4, -0.2) is 6.61 Å². The Kier molecular flexibility index (Phi) is 3.91. The first-order valence-electron chi connectivity index (χ1n) is 7.37. The van der Waals surface area contributed by atoms with Gasteiger partial charge < -0.3 is 10.5 Å². The van der Waals surface area contributed by atoms with Crippen molar-refractivity contribution in [1.82, 2.24) is 0 Å². The average molecular weight is 261 g/mol. The number of rotatable bonds is 3. The third kappa shape index (κ3) is 3.11. The summed E-state index contributed by atoms with van der Waals surface area (Å²) < 4.78 is 5.78. The molecule has 106 valence electrons. The molecule has 2 rings (SSSR count). The van der Waals surface area contributed by atoms with Crippen LogP contribution in [0.2, 0.25) is 0 Å². The van der Waals surface area contributed by atoms with Crippen molar-refractivity contribution in [2.45, 2.75) is 52.5 Å². The first kappa shape index (κ1) is 14.4. The van der Waals surface area contributed by atoms with Crippen LogP contribution in [0.4, 0.5) is 0 Å². The summed E-state index contributed by atoms with van der Waals surface area (Å²) in [6, 6.07) is 8.27. The van der Waals surface area contributed by atoms with Gasteiger partial charge in [0.1, 0.15) is 5.75 Å². The lowest BCUT2D eigenvalue weighted by molar-refractivity contribution is 0.105. The summed E-state index contributed by atoms with van der Waals surface area (Å²) in [5.41, 5.74) is 8.02. The molecular weight excluding hydrogens is 234 g/mol. The standard InChI is InChI=1S/C17H27NO/c1-5-19-15-9-7-6-8-14(15)17(18)11-13(2)10-16(3,4)12-17/h6-9,13H,5,10-12,18H2,1-4H3. The molecule has 1 aliphatic carbocycles. The van der Waals surface area contributed by atoms with Crippen molar-refractivity contribution in [3.05, 3.63) is 29.8 Å². The molecule has 2 N–H and O–H groups in total. The Hall–Kier alpha value is -1.02. The summed E-state index contributed by atoms with van der Waals surface area (Å²) in [4.78, 5) is 0. The lowest BCUT2D eigenvalue weighted by Crippen LogP contribution is -2.46. The van der Waals surface area contributed by atoms with Crippen LogP contribution in [0.5, 0.6) is 5.75 Å². The number of hydrogen-bond acceptors (Lipinski definition) is 2. The largest absolute Gasteiger partial charge is 0.494 e. The summed E-state index contributed by atoms with van der Waals surface area (Å²) in [6.07, 6.45) is 3.32. The predicted molar refractivity (Wildman–Crippen MR) is 80.3 cm³/mol. The second-order valence-electron chi connectivity index (χ2n) is 6.94. The van der Waals surface area contributed by atoms with Crippen molar-refractivity contribution in [3.8, 4) is 5.75 Å². The molecule has 1 fully saturated rings. The topological polar surface area (TPSA) is 35.2 Å². The van der Waals surface area contributed by atoms with Crippen molar-refractivity contribution in [1.29, 1.82) is 0 Å². The van der Waals surface area contributed by atoms with Gasteiger partial charge >= 0.3 is 0 Å². The molecule has 1 aromatic rings. The van der Waals surface area contributed by atoms with E-state index >= 15 is 0 Å². The quantitative estimate of drug-likeness (QED) is 0.889. The average Bonchev–Trinajstić information content (AvgIpc) is 2.26. The third-order valence-corrected chi connectivity index (χ3v) is 4.13. The van der Waals surface area contributed by atoms with Crippen molar-refractivity contribution in [3.63, 3.8) is 0 Å². The molecule has 2 unspecified atom stereocenters. The second kappa shape index (κ2) is 5.16. The summed E-state index contributed by atoms with van der Waals surface area (Å²) in [6.45, 7) is 9.67. The summed E-state index contributed by atoms with van der Waals surface area (Å²) >= 11 is 0. The zero-order chi connectivity index (χ0) is 14.1. The van der Waals surface area contributed by atoms with E-state index in [0.29, 0.717) is 17.9 Å². The van der Waals surface area contributed by atoms with Crippen LogP contribution >= 0.6 is 0 Å². The van der Waals surface area contributed by atoms with Crippen molar-refractivity contribution < 1.29 is 4.74 Å². The van der Waals surface area contributed by atoms with Gasteiger partial charge in [0.2, 0.25) is 0 Å². The normalized spacial score (nSPS) is 30.1. The van der Waals surface area contributed by atoms with E-state index in [0.717, 1.165) is 18.6 Å². The first-order valence-corrected chi connectivity index (χ1v) is 7.37. The van der Waals surface area contributed by atoms with Crippen LogP contribution < -0.4 is 10.5 Å². The lowest BCUT2D eigenvalue weighted by atomic mass is 9.62. The van der Waals surface area contributed by atoms with Gasteiger partial charge in [-0.1, -0.05) is 39.0 Å². The molecule has 0 aliphatic heterocycles. The van der Waals surface area contributed by atoms with Gasteiger partial charge in [0.15, 0.2) is 0 Å². The van der Waals surface area contributed by atoms with E-state index < -0.39 is 0 Å². The molecule has 0 heterocycles. The van der Waals surface area contributed by atoms with E-state index in [4.69, 9.17) is 10.5 Å². The fourth-order valence-corrected chi connectivity index (χ4v) is 4.00. The van der Waals surface area contributed by atoms with Gasteiger partial charge in [-0.3, -0.25) is 0 Å². The molecule has 1 aliphatic rings. The monoisotopic (exact) mass is 261 g/mol. The molecule has 2 nitrogen and oxygen atoms in total. The molecule has 0 radical (unpaired) electrons. The number of para-hydroxylation sites is 1. The van der Waals surface area contributed by atoms with Crippen LogP contribution in [0.1, 0.15) is 52.5 Å². The Bertz CT molecular complexity index is 441. The molecule has 0 amide bonds. The van der Waals surface area contributed by atoms with Gasteiger partial charge in [-0.25, -0.2) is 0 Å². The third-order valence-electron chi connectivity index (χ3n) is 4.13. The highest BCUT2D eigenvalue weighted by Crippen LogP contribution is 2.48. The van der Waals surface area contributed by atoms with Crippen LogP contribution in [0, 0.1) is 11.3 Å². The van der Waals surface area contributed by atoms with Crippen LogP contribution in [-0.2, 0) is 5.54 Å². The molecular formula is C17H27NO. The van der Waals surface area contributed by atoms with Gasteiger partial charge in [0.25, 0.3) is 0 Å². The molecule has 19 heavy (non-hydrogen) atoms. The molecule has 1 aromatic carbocycles. The maximum absolute atomic E-state index is 6.80. The minimum atomic E-state index is -0.257. The SMILES string of the molecule is CCOc1ccccc1C1(N)CC(C)CC(C)(C)C1. The smallest absolute Gasteiger partial charge is 0.124 e. The number of benzene rings is 1. The predicted octanol–water partition coefficient (Wildman–Crippen LogP) is 4.09. The Morgan fingerprint density at radius 3 is 2.58 bits per heavy atom. The van der Waals surface area contributed by atoms with Crippen molar-refractivity contribution in [2.75, 3.05) is 6.61 Å². The van der Waals surface area contributed by atoms with Gasteiger partial charge in [0.05, 0.1) is 6.61 Å². The summed E-state index contributed by atoms with van der Waals surface area (Å²) in [5, 5.41) is 0. The van der Waals surface area contributed by atoms with Gasteiger partial charge in [-0.05, 0) is 43.6 Å². The molecule has 2 heteroatoms. The highest BCUT2D eigenvalue weighted by molar-refractivity contribution is 5.39. The molecule has 2 atom stereocenters. The van der Waals surface area contributed by atoms with E-state index in [1.54, 1.807) is 0 Å². The molecule has 0 saturated heterocycles. The van der Waals surface area contributed by atoms with E-state index in [-0.39, 0.29) is 5.54 Å². The maximum atomic E-state index is 6.80. The Morgan fingerprint density at radius 2 is 1.95 bits per heavy atom. The summed E-state index contributed by atoms with van der Waals surface area (Å²) in [7, 11) is 0. The number of nitrogens with two attached hydrogens (primary N) is 1. The Morgan fingerprint density at radius 1 is 1.26 bits per heavy atom. The summed E-state index contributed by atoms with van der Waals surface area (Å²) in [5.74, 6) is 1.61.